The summed E-state index contributed by atoms with van der Waals surface area (Å²) in [6.45, 7) is 7.24. The molecule has 380 valence electrons. The van der Waals surface area contributed by atoms with Crippen molar-refractivity contribution in [2.45, 2.75) is 37.5 Å². The number of halogens is 2. The largest absolute Gasteiger partial charge is 2.00 e. The molecule has 0 aromatic heterocycles. The van der Waals surface area contributed by atoms with Gasteiger partial charge in [-0.3, -0.25) is 18.9 Å². The number of nitrogens with one attached hydrogen (secondary N) is 1. The second-order valence-corrected chi connectivity index (χ2v) is 19.3. The first kappa shape index (κ1) is 57.6. The Kier molecular flexibility index (Phi) is 19.0. The molecule has 0 aliphatic carbocycles. The fraction of sp³-hybridized carbons (Fsp3) is 0.115. The van der Waals surface area contributed by atoms with Crippen molar-refractivity contribution in [3.8, 4) is 23.0 Å². The number of phenolic OH excluding ortho intramolecular Hbond substituents is 1. The van der Waals surface area contributed by atoms with E-state index in [-0.39, 0.29) is 108 Å². The standard InChI is InChI=1S/2C26H22ClN3O6S.Ca/c2*1-3-36-21-11-7-6-10-19(21)28-26(32)18-14-16-8-4-5-9-17(16)24(25(18)31)30-29-20-12-13-22(37(33,34)35)15(2)23(20)27;/h2*4-14,31H,3H2,1-2H3,(H,28,32)(H,33,34,35);/q;;+2/p-2. The smallest absolute Gasteiger partial charge is 0.871 e. The molecule has 0 bridgehead atoms. The zero-order valence-electron chi connectivity index (χ0n) is 40.1. The number of rotatable bonds is 14. The number of ether oxygens (including phenoxy) is 2. The number of hydrogen-bond acceptors (Lipinski definition) is 15. The van der Waals surface area contributed by atoms with Gasteiger partial charge in [-0.1, -0.05) is 102 Å². The van der Waals surface area contributed by atoms with Crippen LogP contribution in [-0.4, -0.2) is 93.8 Å². The normalized spacial score (nSPS) is 11.9. The molecule has 0 saturated carbocycles. The Morgan fingerprint density at radius 3 is 1.61 bits per heavy atom. The molecule has 0 heterocycles. The van der Waals surface area contributed by atoms with Gasteiger partial charge in [0.1, 0.15) is 34.2 Å². The average molecular weight is 1120 g/mol. The van der Waals surface area contributed by atoms with Crippen LogP contribution in [0.2, 0.25) is 10.0 Å². The number of nitrogens with zero attached hydrogens (tertiary/aromatic N) is 5. The van der Waals surface area contributed by atoms with Gasteiger partial charge in [0.05, 0.1) is 50.0 Å². The van der Waals surface area contributed by atoms with Crippen LogP contribution in [0.1, 0.15) is 40.9 Å². The van der Waals surface area contributed by atoms with E-state index in [1.807, 2.05) is 6.92 Å². The van der Waals surface area contributed by atoms with Crippen LogP contribution in [0.15, 0.2) is 169 Å². The molecule has 0 aliphatic heterocycles. The minimum absolute atomic E-state index is 0. The van der Waals surface area contributed by atoms with Gasteiger partial charge < -0.3 is 30.1 Å². The number of benzene rings is 8. The van der Waals surface area contributed by atoms with Crippen molar-refractivity contribution in [1.82, 2.24) is 0 Å². The molecule has 4 N–H and O–H groups in total. The monoisotopic (exact) mass is 1120 g/mol. The molecule has 1 amide bonds. The molecule has 18 nitrogen and oxygen atoms in total. The maximum atomic E-state index is 13.4. The SMILES string of the molecule is CCOc1ccccc1N=C([O-])c1cc2ccccc2c(N=Nc2ccc(S(=O)(=O)O)c(C)c2Cl)c1[O-].CCOc1ccccc1NC(=O)c1cc2ccccc2c(N=Nc2ccc(S(=O)(=O)O)c(C)c2Cl)c1O.[Ca+2]. The van der Waals surface area contributed by atoms with Gasteiger partial charge in [-0.2, -0.15) is 21.9 Å². The molecular weight excluding hydrogens is 1080 g/mol. The number of fused-ring (bicyclic) bond motifs is 2. The van der Waals surface area contributed by atoms with Crippen LogP contribution in [-0.2, 0) is 20.2 Å². The van der Waals surface area contributed by atoms with Crippen LogP contribution in [0, 0.1) is 13.8 Å². The van der Waals surface area contributed by atoms with E-state index in [2.05, 4.69) is 30.8 Å². The Labute approximate surface area is 470 Å². The van der Waals surface area contributed by atoms with E-state index in [1.165, 1.54) is 32.0 Å². The zero-order chi connectivity index (χ0) is 53.5. The topological polar surface area (TPSA) is 284 Å². The van der Waals surface area contributed by atoms with Crippen molar-refractivity contribution >= 4 is 149 Å². The first-order valence-electron chi connectivity index (χ1n) is 22.1. The van der Waals surface area contributed by atoms with Crippen molar-refractivity contribution in [3.63, 3.8) is 0 Å². The first-order chi connectivity index (χ1) is 35.2. The summed E-state index contributed by atoms with van der Waals surface area (Å²) in [5.41, 5.74) is 0.733. The molecule has 0 spiro atoms. The third-order valence-electron chi connectivity index (χ3n) is 11.0. The van der Waals surface area contributed by atoms with Crippen molar-refractivity contribution < 1.29 is 55.5 Å². The Hall–Kier alpha value is -6.72. The Morgan fingerprint density at radius 2 is 1.07 bits per heavy atom. The van der Waals surface area contributed by atoms with Crippen molar-refractivity contribution in [2.24, 2.45) is 25.4 Å². The number of phenols is 1. The van der Waals surface area contributed by atoms with Crippen LogP contribution in [0.3, 0.4) is 0 Å². The summed E-state index contributed by atoms with van der Waals surface area (Å²) >= 11 is 12.5. The van der Waals surface area contributed by atoms with E-state index in [4.69, 9.17) is 32.7 Å². The molecule has 8 aromatic rings. The second kappa shape index (κ2) is 24.7. The molecule has 0 fully saturated rings. The summed E-state index contributed by atoms with van der Waals surface area (Å²) in [5.74, 6) is -1.56. The third kappa shape index (κ3) is 13.2. The summed E-state index contributed by atoms with van der Waals surface area (Å²) in [6, 6.07) is 35.3. The van der Waals surface area contributed by atoms with Crippen LogP contribution < -0.4 is 25.0 Å². The molecule has 0 unspecified atom stereocenters. The summed E-state index contributed by atoms with van der Waals surface area (Å²) < 4.78 is 75.9. The Morgan fingerprint density at radius 1 is 0.613 bits per heavy atom. The number of aromatic hydroxyl groups is 1. The summed E-state index contributed by atoms with van der Waals surface area (Å²) in [7, 11) is -8.96. The fourth-order valence-electron chi connectivity index (χ4n) is 7.42. The van der Waals surface area contributed by atoms with Crippen LogP contribution in [0.5, 0.6) is 23.0 Å². The Balaban J connectivity index is 0.000000241. The van der Waals surface area contributed by atoms with Crippen molar-refractivity contribution in [3.05, 3.63) is 166 Å². The predicted octanol–water partition coefficient (Wildman–Crippen LogP) is 11.8. The summed E-state index contributed by atoms with van der Waals surface area (Å²) in [6.07, 6.45) is 0. The van der Waals surface area contributed by atoms with Crippen LogP contribution in [0.25, 0.3) is 21.5 Å². The molecule has 0 radical (unpaired) electrons. The molecule has 8 aromatic carbocycles. The maximum absolute atomic E-state index is 13.4. The van der Waals surface area contributed by atoms with Gasteiger partial charge in [0.15, 0.2) is 5.75 Å². The van der Waals surface area contributed by atoms with Gasteiger partial charge in [0.2, 0.25) is 0 Å². The Bertz CT molecular complexity index is 3830. The molecule has 0 atom stereocenters. The molecule has 0 saturated heterocycles. The van der Waals surface area contributed by atoms with Gasteiger partial charge >= 0.3 is 37.7 Å². The average Bonchev–Trinajstić information content (AvgIpc) is 3.36. The van der Waals surface area contributed by atoms with Gasteiger partial charge in [-0.15, -0.1) is 15.3 Å². The number of carbonyl (C=O) groups excluding carboxylic acids is 1. The molecular formula is C52H42CaCl2N6O12S2. The number of azo groups is 2. The van der Waals surface area contributed by atoms with E-state index in [0.29, 0.717) is 51.9 Å². The first-order valence-corrected chi connectivity index (χ1v) is 25.7. The van der Waals surface area contributed by atoms with E-state index in [0.717, 1.165) is 12.1 Å². The number of amides is 1. The predicted molar refractivity (Wildman–Crippen MR) is 284 cm³/mol. The van der Waals surface area contributed by atoms with Gasteiger partial charge in [-0.25, -0.2) is 0 Å². The zero-order valence-corrected chi connectivity index (χ0v) is 45.5. The van der Waals surface area contributed by atoms with Gasteiger partial charge in [-0.05, 0) is 122 Å². The van der Waals surface area contributed by atoms with Crippen molar-refractivity contribution in [1.29, 1.82) is 0 Å². The number of para-hydroxylation sites is 4. The maximum Gasteiger partial charge on any atom is 2.00 e. The number of hydrogen-bond donors (Lipinski definition) is 4. The van der Waals surface area contributed by atoms with E-state index < -0.39 is 43.5 Å². The number of anilines is 1. The van der Waals surface area contributed by atoms with Crippen LogP contribution in [0.4, 0.5) is 34.1 Å². The molecule has 8 rings (SSSR count). The van der Waals surface area contributed by atoms with E-state index in [1.54, 1.807) is 110 Å². The van der Waals surface area contributed by atoms with Crippen LogP contribution >= 0.6 is 23.2 Å². The number of aliphatic imine (C=N–C) groups is 1. The van der Waals surface area contributed by atoms with E-state index >= 15 is 0 Å². The summed E-state index contributed by atoms with van der Waals surface area (Å²) in [5, 5.41) is 58.8. The minimum atomic E-state index is -4.49. The minimum Gasteiger partial charge on any atom is -0.871 e. The summed E-state index contributed by atoms with van der Waals surface area (Å²) in [4.78, 5) is 16.6. The van der Waals surface area contributed by atoms with Gasteiger partial charge in [0, 0.05) is 10.8 Å². The fourth-order valence-corrected chi connectivity index (χ4v) is 9.40. The second-order valence-electron chi connectivity index (χ2n) is 15.8. The quantitative estimate of drug-likeness (QED) is 0.0260. The molecule has 0 aliphatic rings. The van der Waals surface area contributed by atoms with E-state index in [9.17, 15) is 46.1 Å². The van der Waals surface area contributed by atoms with Crippen molar-refractivity contribution in [2.75, 3.05) is 18.5 Å². The number of carbonyl (C=O) groups is 1. The molecule has 23 heteroatoms. The third-order valence-corrected chi connectivity index (χ3v) is 13.9. The molecule has 75 heavy (non-hydrogen) atoms. The van der Waals surface area contributed by atoms with Gasteiger partial charge in [0.25, 0.3) is 26.1 Å².